The van der Waals surface area contributed by atoms with Gasteiger partial charge in [-0.05, 0) is 0 Å². The molecule has 0 fully saturated rings. The van der Waals surface area contributed by atoms with Gasteiger partial charge in [-0.1, -0.05) is 0 Å². The minimum absolute atomic E-state index is 0.981. The zero-order valence-corrected chi connectivity index (χ0v) is 28.9. The van der Waals surface area contributed by atoms with Gasteiger partial charge in [-0.2, -0.15) is 0 Å². The van der Waals surface area contributed by atoms with Gasteiger partial charge >= 0.3 is 351 Å². The van der Waals surface area contributed by atoms with Gasteiger partial charge in [0.15, 0.2) is 0 Å². The Bertz CT molecular complexity index is 746. The Kier molecular flexibility index (Phi) is 25.8. The molecule has 0 aliphatic rings. The molecule has 0 bridgehead atoms. The Morgan fingerprint density at radius 3 is 0.469 bits per heavy atom. The predicted molar refractivity (Wildman–Crippen MR) is 284 cm³/mol. The van der Waals surface area contributed by atoms with Crippen LogP contribution in [-0.2, 0) is 0 Å². The van der Waals surface area contributed by atoms with Crippen molar-refractivity contribution >= 4 is 351 Å². The van der Waals surface area contributed by atoms with E-state index >= 15 is 0 Å². The van der Waals surface area contributed by atoms with Crippen molar-refractivity contribution in [1.82, 2.24) is 0 Å². The zero-order chi connectivity index (χ0) is 39.0. The first-order chi connectivity index (χ1) is 22.3. The van der Waals surface area contributed by atoms with E-state index in [1.807, 2.05) is 0 Å². The fraction of sp³-hybridized carbons (Fsp3) is 0. The van der Waals surface area contributed by atoms with Gasteiger partial charge in [0.1, 0.15) is 0 Å². The van der Waals surface area contributed by atoms with Gasteiger partial charge in [0.25, 0.3) is 0 Å². The van der Waals surface area contributed by atoms with E-state index in [1.54, 1.807) is 0 Å². The van der Waals surface area contributed by atoms with Crippen LogP contribution in [0.5, 0.6) is 0 Å². The predicted octanol–water partition coefficient (Wildman–Crippen LogP) is -17.6. The summed E-state index contributed by atoms with van der Waals surface area (Å²) in [5.74, 6) is 0. The molecule has 150 valence electrons. The molecule has 0 saturated carbocycles. The topological polar surface area (TPSA) is 0 Å². The molecule has 0 saturated heterocycles. The molecule has 0 nitrogen and oxygen atoms in total. The summed E-state index contributed by atoms with van der Waals surface area (Å²) >= 11 is 5.40. The molecule has 0 N–H and O–H groups in total. The molecule has 49 heavy (non-hydrogen) atoms. The molecular weight excluding hydrogens is 551 g/mol. The summed E-state index contributed by atoms with van der Waals surface area (Å²) in [5.41, 5.74) is 0. The third kappa shape index (κ3) is 14.3. The molecule has 0 amide bonds. The molecular formula is B48S. The molecule has 0 spiro atoms. The van der Waals surface area contributed by atoms with Gasteiger partial charge in [-0.25, -0.2) is 0 Å². The van der Waals surface area contributed by atoms with Gasteiger partial charge in [0.05, 0.1) is 0 Å². The summed E-state index contributed by atoms with van der Waals surface area (Å²) in [7, 11) is 154. The average Bonchev–Trinajstić information content (AvgIpc) is 2.88. The van der Waals surface area contributed by atoms with E-state index in [0.717, 1.165) is 0 Å². The number of hydrogen-bond acceptors (Lipinski definition) is 1. The van der Waals surface area contributed by atoms with Crippen molar-refractivity contribution in [3.63, 3.8) is 0 Å². The van der Waals surface area contributed by atoms with Gasteiger partial charge < -0.3 is 0 Å². The van der Waals surface area contributed by atoms with Crippen molar-refractivity contribution in [3.8, 4) is 0 Å². The van der Waals surface area contributed by atoms with E-state index in [-0.39, 0.29) is 0 Å². The van der Waals surface area contributed by atoms with Crippen LogP contribution in [0.1, 0.15) is 0 Å². The van der Waals surface area contributed by atoms with E-state index in [2.05, 4.69) is 0 Å². The minimum atomic E-state index is -1.32. The average molecular weight is 551 g/mol. The van der Waals surface area contributed by atoms with Crippen molar-refractivity contribution in [2.45, 2.75) is 0 Å². The van der Waals surface area contributed by atoms with Gasteiger partial charge in [-0.3, -0.25) is 0 Å². The first-order valence-electron chi connectivity index (χ1n) is 15.9. The molecule has 0 aromatic rings. The van der Waals surface area contributed by atoms with Gasteiger partial charge in [0.2, 0.25) is 0 Å². The maximum atomic E-state index is 6.55. The summed E-state index contributed by atoms with van der Waals surface area (Å²) in [6, 6.07) is 1.28. The van der Waals surface area contributed by atoms with Crippen LogP contribution in [0, 0.1) is 0 Å². The SMILES string of the molecule is [B]B([B])B(B=S)B(B([B])[B])B(B(B([B])[B])B([B])[B])B(B(B(B([B])[B])B([B])[B])B(B([B])[B])B([B])[B])B(B(B([B])[B])B([B])[B])B(B([B])[B])B([B])[B]. The first-order valence-corrected chi connectivity index (χ1v) is 16.4. The quantitative estimate of drug-likeness (QED) is 0.114. The Balaban J connectivity index is 9.43. The molecule has 0 unspecified atom stereocenters. The van der Waals surface area contributed by atoms with Crippen LogP contribution in [0.3, 0.4) is 0 Å². The third-order valence-corrected chi connectivity index (χ3v) is 10.2. The molecule has 0 heterocycles. The van der Waals surface area contributed by atoms with Crippen molar-refractivity contribution in [3.05, 3.63) is 0 Å². The molecule has 0 aromatic carbocycles. The van der Waals surface area contributed by atoms with Crippen molar-refractivity contribution < 1.29 is 0 Å². The van der Waals surface area contributed by atoms with Crippen LogP contribution < -0.4 is 0 Å². The first kappa shape index (κ1) is 52.3. The van der Waals surface area contributed by atoms with E-state index in [4.69, 9.17) is 198 Å². The third-order valence-electron chi connectivity index (χ3n) is 9.93. The monoisotopic (exact) mass is 560 g/mol. The van der Waals surface area contributed by atoms with Crippen LogP contribution >= 0.6 is 12.1 Å². The fourth-order valence-electron chi connectivity index (χ4n) is 8.14. The van der Waals surface area contributed by atoms with Crippen LogP contribution in [0.4, 0.5) is 0 Å². The summed E-state index contributed by atoms with van der Waals surface area (Å²) in [4.78, 5) is 0. The Hall–Kier alpha value is 3.34. The number of hydrogen-bond donors (Lipinski definition) is 0. The van der Waals surface area contributed by atoms with E-state index in [1.165, 1.54) is 6.05 Å². The summed E-state index contributed by atoms with van der Waals surface area (Å²) in [5, 5.41) is 0. The molecule has 0 aromatic heterocycles. The second kappa shape index (κ2) is 24.2. The maximum absolute atomic E-state index is 6.55. The second-order valence-electron chi connectivity index (χ2n) is 13.4. The fourth-order valence-corrected chi connectivity index (χ4v) is 8.50. The second-order valence-corrected chi connectivity index (χ2v) is 13.7. The summed E-state index contributed by atoms with van der Waals surface area (Å²) in [6.45, 7) is 0. The summed E-state index contributed by atoms with van der Waals surface area (Å²) in [6.07, 6.45) is -28.5. The normalized spacial score (nSPS) is 9.55. The summed E-state index contributed by atoms with van der Waals surface area (Å²) < 4.78 is 0. The Morgan fingerprint density at radius 1 is 0.204 bits per heavy atom. The van der Waals surface area contributed by atoms with Gasteiger partial charge in [0, 0.05) is 0 Å². The molecule has 0 atom stereocenters. The van der Waals surface area contributed by atoms with E-state index in [9.17, 15) is 0 Å². The van der Waals surface area contributed by atoms with Crippen molar-refractivity contribution in [2.24, 2.45) is 0 Å². The standard InChI is InChI=1S/B48S/c1-26(2)38(25-49)44(37(23)24)47(43(35(19)20)36(21)22)48(45(39(27(3)4)28(5)6)40(29(7)8)30(9)10)46(41(31(11)12)32(13)14)42(33(15)16)34(17)18. The van der Waals surface area contributed by atoms with Crippen LogP contribution in [0.2, 0.25) is 0 Å². The molecule has 0 aliphatic heterocycles. The Morgan fingerprint density at radius 2 is 0.347 bits per heavy atom. The van der Waals surface area contributed by atoms with E-state index in [0.29, 0.717) is 0 Å². The van der Waals surface area contributed by atoms with Gasteiger partial charge in [-0.15, -0.1) is 0 Å². The Labute approximate surface area is 347 Å². The van der Waals surface area contributed by atoms with Crippen molar-refractivity contribution in [2.75, 3.05) is 0 Å². The molecule has 49 heteroatoms. The van der Waals surface area contributed by atoms with E-state index < -0.39 is 147 Å². The van der Waals surface area contributed by atoms with Crippen molar-refractivity contribution in [1.29, 1.82) is 0 Å². The zero-order valence-electron chi connectivity index (χ0n) is 28.1. The molecule has 0 rings (SSSR count). The molecule has 0 aliphatic carbocycles. The number of rotatable bonds is 23. The van der Waals surface area contributed by atoms with Crippen LogP contribution in [0.15, 0.2) is 0 Å². The van der Waals surface area contributed by atoms with Crippen LogP contribution in [0.25, 0.3) is 0 Å². The van der Waals surface area contributed by atoms with Crippen LogP contribution in [-0.4, -0.2) is 339 Å². The molecule has 48 radical (unpaired) electrons.